The van der Waals surface area contributed by atoms with Crippen LogP contribution in [-0.2, 0) is 19.4 Å². The van der Waals surface area contributed by atoms with Crippen molar-refractivity contribution in [2.75, 3.05) is 13.1 Å². The van der Waals surface area contributed by atoms with Crippen LogP contribution in [0.15, 0.2) is 97.2 Å². The van der Waals surface area contributed by atoms with E-state index in [0.717, 1.165) is 38.0 Å². The molecule has 3 nitrogen and oxygen atoms in total. The lowest BCUT2D eigenvalue weighted by Crippen LogP contribution is -2.50. The van der Waals surface area contributed by atoms with Crippen LogP contribution >= 0.6 is 0 Å². The van der Waals surface area contributed by atoms with Gasteiger partial charge in [0.2, 0.25) is 0 Å². The molecule has 1 fully saturated rings. The van der Waals surface area contributed by atoms with Crippen molar-refractivity contribution < 1.29 is 0 Å². The van der Waals surface area contributed by atoms with Crippen molar-refractivity contribution in [3.8, 4) is 0 Å². The first-order valence-electron chi connectivity index (χ1n) is 12.2. The lowest BCUT2D eigenvalue weighted by molar-refractivity contribution is 0.125. The third kappa shape index (κ3) is 5.68. The molecule has 4 aromatic rings. The van der Waals surface area contributed by atoms with Crippen LogP contribution in [0.2, 0.25) is 0 Å². The van der Waals surface area contributed by atoms with Gasteiger partial charge in [-0.05, 0) is 61.1 Å². The van der Waals surface area contributed by atoms with E-state index in [1.807, 2.05) is 6.20 Å². The second kappa shape index (κ2) is 10.7. The zero-order chi connectivity index (χ0) is 22.3. The van der Waals surface area contributed by atoms with Crippen molar-refractivity contribution in [3.05, 3.63) is 114 Å². The summed E-state index contributed by atoms with van der Waals surface area (Å²) in [5.41, 5.74) is 5.29. The summed E-state index contributed by atoms with van der Waals surface area (Å²) in [7, 11) is 0. The molecule has 1 aromatic heterocycles. The van der Waals surface area contributed by atoms with Crippen LogP contribution in [0.25, 0.3) is 10.9 Å². The minimum Gasteiger partial charge on any atom is -0.310 e. The van der Waals surface area contributed by atoms with Crippen LogP contribution in [0.5, 0.6) is 0 Å². The van der Waals surface area contributed by atoms with Crippen LogP contribution in [0.4, 0.5) is 0 Å². The molecule has 1 aliphatic heterocycles. The number of fused-ring (bicyclic) bond motifs is 1. The number of likely N-dealkylation sites (tertiary alicyclic amines) is 1. The summed E-state index contributed by atoms with van der Waals surface area (Å²) in [6.45, 7) is 3.18. The Kier molecular flexibility index (Phi) is 7.10. The predicted octanol–water partition coefficient (Wildman–Crippen LogP) is 5.64. The highest BCUT2D eigenvalue weighted by Gasteiger charge is 2.28. The van der Waals surface area contributed by atoms with Gasteiger partial charge in [-0.15, -0.1) is 0 Å². The number of nitrogens with one attached hydrogen (secondary N) is 1. The van der Waals surface area contributed by atoms with Crippen LogP contribution < -0.4 is 5.32 Å². The third-order valence-electron chi connectivity index (χ3n) is 7.00. The van der Waals surface area contributed by atoms with Crippen LogP contribution in [-0.4, -0.2) is 35.1 Å². The van der Waals surface area contributed by atoms with Gasteiger partial charge in [-0.2, -0.15) is 0 Å². The molecule has 0 radical (unpaired) electrons. The molecule has 2 atom stereocenters. The number of rotatable bonds is 8. The molecule has 1 N–H and O–H groups in total. The first kappa shape index (κ1) is 21.8. The Hall–Kier alpha value is -3.01. The van der Waals surface area contributed by atoms with Crippen molar-refractivity contribution in [2.45, 2.75) is 44.3 Å². The van der Waals surface area contributed by atoms with Gasteiger partial charge in [0.05, 0.1) is 5.52 Å². The monoisotopic (exact) mass is 435 g/mol. The molecule has 33 heavy (non-hydrogen) atoms. The molecule has 168 valence electrons. The normalized spacial score (nSPS) is 19.0. The molecule has 3 aromatic carbocycles. The van der Waals surface area contributed by atoms with Gasteiger partial charge in [0.1, 0.15) is 0 Å². The van der Waals surface area contributed by atoms with Gasteiger partial charge >= 0.3 is 0 Å². The Labute approximate surface area is 197 Å². The molecule has 1 aliphatic rings. The molecule has 0 spiro atoms. The SMILES string of the molecule is c1ccc(CCN2CC[C@H](NCc3ccnc4ccccc34)C[C@H]2Cc2ccccc2)cc1. The van der Waals surface area contributed by atoms with Gasteiger partial charge in [0, 0.05) is 36.8 Å². The van der Waals surface area contributed by atoms with Crippen molar-refractivity contribution >= 4 is 10.9 Å². The predicted molar refractivity (Wildman–Crippen MR) is 137 cm³/mol. The van der Waals surface area contributed by atoms with Gasteiger partial charge in [-0.1, -0.05) is 78.9 Å². The molecule has 0 aliphatic carbocycles. The first-order valence-corrected chi connectivity index (χ1v) is 12.2. The van der Waals surface area contributed by atoms with Gasteiger partial charge in [-0.25, -0.2) is 0 Å². The number of hydrogen-bond acceptors (Lipinski definition) is 3. The molecule has 3 heteroatoms. The van der Waals surface area contributed by atoms with Gasteiger partial charge < -0.3 is 5.32 Å². The standard InChI is InChI=1S/C30H33N3/c1-3-9-24(10-4-1)16-19-33-20-17-27(22-28(33)21-25-11-5-2-6-12-25)32-23-26-15-18-31-30-14-8-7-13-29(26)30/h1-15,18,27-28,32H,16-17,19-23H2/t27-,28+/m0/s1. The summed E-state index contributed by atoms with van der Waals surface area (Å²) >= 11 is 0. The fourth-order valence-electron chi connectivity index (χ4n) is 5.16. The first-order chi connectivity index (χ1) is 16.3. The molecule has 0 amide bonds. The average molecular weight is 436 g/mol. The molecule has 2 heterocycles. The fourth-order valence-corrected chi connectivity index (χ4v) is 5.16. The second-order valence-electron chi connectivity index (χ2n) is 9.20. The van der Waals surface area contributed by atoms with E-state index in [0.29, 0.717) is 12.1 Å². The number of nitrogens with zero attached hydrogens (tertiary/aromatic N) is 2. The van der Waals surface area contributed by atoms with E-state index in [1.165, 1.54) is 34.9 Å². The fraction of sp³-hybridized carbons (Fsp3) is 0.300. The topological polar surface area (TPSA) is 28.2 Å². The van der Waals surface area contributed by atoms with Gasteiger partial charge in [-0.3, -0.25) is 9.88 Å². The summed E-state index contributed by atoms with van der Waals surface area (Å²) in [4.78, 5) is 7.24. The highest BCUT2D eigenvalue weighted by molar-refractivity contribution is 5.81. The van der Waals surface area contributed by atoms with E-state index >= 15 is 0 Å². The van der Waals surface area contributed by atoms with E-state index in [2.05, 4.69) is 106 Å². The quantitative estimate of drug-likeness (QED) is 0.388. The summed E-state index contributed by atoms with van der Waals surface area (Å²) in [6.07, 6.45) is 6.55. The molecular weight excluding hydrogens is 402 g/mol. The summed E-state index contributed by atoms with van der Waals surface area (Å²) in [5.74, 6) is 0. The molecule has 0 unspecified atom stereocenters. The lowest BCUT2D eigenvalue weighted by atomic mass is 9.91. The maximum Gasteiger partial charge on any atom is 0.0705 e. The zero-order valence-electron chi connectivity index (χ0n) is 19.2. The second-order valence-corrected chi connectivity index (χ2v) is 9.20. The average Bonchev–Trinajstić information content (AvgIpc) is 2.88. The van der Waals surface area contributed by atoms with E-state index in [4.69, 9.17) is 0 Å². The van der Waals surface area contributed by atoms with Gasteiger partial charge in [0.25, 0.3) is 0 Å². The van der Waals surface area contributed by atoms with Gasteiger partial charge in [0.15, 0.2) is 0 Å². The summed E-state index contributed by atoms with van der Waals surface area (Å²) in [5, 5.41) is 5.14. The largest absolute Gasteiger partial charge is 0.310 e. The smallest absolute Gasteiger partial charge is 0.0705 e. The van der Waals surface area contributed by atoms with Crippen molar-refractivity contribution in [1.82, 2.24) is 15.2 Å². The third-order valence-corrected chi connectivity index (χ3v) is 7.00. The number of piperidine rings is 1. The lowest BCUT2D eigenvalue weighted by Gasteiger charge is -2.40. The Balaban J connectivity index is 1.25. The van der Waals surface area contributed by atoms with Crippen LogP contribution in [0, 0.1) is 0 Å². The highest BCUT2D eigenvalue weighted by atomic mass is 15.2. The van der Waals surface area contributed by atoms with Crippen molar-refractivity contribution in [3.63, 3.8) is 0 Å². The Morgan fingerprint density at radius 2 is 1.55 bits per heavy atom. The van der Waals surface area contributed by atoms with Crippen molar-refractivity contribution in [2.24, 2.45) is 0 Å². The highest BCUT2D eigenvalue weighted by Crippen LogP contribution is 2.23. The maximum atomic E-state index is 4.52. The minimum atomic E-state index is 0.540. The van der Waals surface area contributed by atoms with E-state index in [-0.39, 0.29) is 0 Å². The number of aromatic nitrogens is 1. The molecule has 1 saturated heterocycles. The van der Waals surface area contributed by atoms with E-state index < -0.39 is 0 Å². The Morgan fingerprint density at radius 1 is 0.818 bits per heavy atom. The summed E-state index contributed by atoms with van der Waals surface area (Å²) < 4.78 is 0. The van der Waals surface area contributed by atoms with Crippen LogP contribution in [0.3, 0.4) is 0 Å². The molecule has 0 bridgehead atoms. The van der Waals surface area contributed by atoms with Crippen molar-refractivity contribution in [1.29, 1.82) is 0 Å². The van der Waals surface area contributed by atoms with E-state index in [9.17, 15) is 0 Å². The number of hydrogen-bond donors (Lipinski definition) is 1. The summed E-state index contributed by atoms with van der Waals surface area (Å²) in [6, 6.07) is 33.6. The molecular formula is C30H33N3. The number of pyridine rings is 1. The Morgan fingerprint density at radius 3 is 2.36 bits per heavy atom. The molecule has 5 rings (SSSR count). The van der Waals surface area contributed by atoms with Crippen LogP contribution in [0.1, 0.15) is 29.5 Å². The number of para-hydroxylation sites is 1. The molecule has 0 saturated carbocycles. The number of benzene rings is 3. The minimum absolute atomic E-state index is 0.540. The Bertz CT molecular complexity index is 1140. The maximum absolute atomic E-state index is 4.52. The zero-order valence-corrected chi connectivity index (χ0v) is 19.2. The van der Waals surface area contributed by atoms with E-state index in [1.54, 1.807) is 0 Å².